The number of aromatic nitrogens is 2. The number of amides is 2. The lowest BCUT2D eigenvalue weighted by molar-refractivity contribution is 0.0952. The van der Waals surface area contributed by atoms with E-state index in [0.717, 1.165) is 18.4 Å². The molecule has 1 saturated carbocycles. The molecule has 3 aromatic rings. The van der Waals surface area contributed by atoms with E-state index in [1.165, 1.54) is 6.20 Å². The number of nitrogens with one attached hydrogen (secondary N) is 2. The van der Waals surface area contributed by atoms with Gasteiger partial charge in [0.25, 0.3) is 11.8 Å². The van der Waals surface area contributed by atoms with Gasteiger partial charge in [0.05, 0.1) is 28.5 Å². The highest BCUT2D eigenvalue weighted by Gasteiger charge is 2.25. The molecule has 0 radical (unpaired) electrons. The summed E-state index contributed by atoms with van der Waals surface area (Å²) in [5.41, 5.74) is 2.48. The standard InChI is InChI=1S/C19H16N4O2/c24-18(21-12-9-10-12)13-5-1-2-6-14(13)23-19(25)17-11-20-15-7-3-4-8-16(15)22-17/h1-8,11-12H,9-10H2,(H,21,24)(H,23,25). The quantitative estimate of drug-likeness (QED) is 0.769. The van der Waals surface area contributed by atoms with Crippen molar-refractivity contribution in [1.29, 1.82) is 0 Å². The van der Waals surface area contributed by atoms with Gasteiger partial charge in [-0.2, -0.15) is 0 Å². The third-order valence-electron chi connectivity index (χ3n) is 4.01. The summed E-state index contributed by atoms with van der Waals surface area (Å²) in [7, 11) is 0. The number of hydrogen-bond acceptors (Lipinski definition) is 4. The number of para-hydroxylation sites is 3. The van der Waals surface area contributed by atoms with E-state index in [0.29, 0.717) is 16.8 Å². The van der Waals surface area contributed by atoms with E-state index in [4.69, 9.17) is 0 Å². The predicted octanol–water partition coefficient (Wildman–Crippen LogP) is 2.77. The van der Waals surface area contributed by atoms with E-state index in [9.17, 15) is 9.59 Å². The second-order valence-electron chi connectivity index (χ2n) is 5.99. The number of anilines is 1. The van der Waals surface area contributed by atoms with Crippen LogP contribution in [0.2, 0.25) is 0 Å². The molecule has 0 atom stereocenters. The summed E-state index contributed by atoms with van der Waals surface area (Å²) in [6, 6.07) is 14.5. The monoisotopic (exact) mass is 332 g/mol. The fourth-order valence-electron chi connectivity index (χ4n) is 2.53. The van der Waals surface area contributed by atoms with Crippen LogP contribution in [0.15, 0.2) is 54.7 Å². The number of benzene rings is 2. The Bertz CT molecular complexity index is 966. The van der Waals surface area contributed by atoms with Gasteiger partial charge in [-0.25, -0.2) is 4.98 Å². The van der Waals surface area contributed by atoms with Gasteiger partial charge in [-0.15, -0.1) is 0 Å². The Labute approximate surface area is 144 Å². The molecule has 6 heteroatoms. The first-order chi connectivity index (χ1) is 12.2. The normalized spacial score (nSPS) is 13.4. The third-order valence-corrected chi connectivity index (χ3v) is 4.01. The first kappa shape index (κ1) is 15.3. The van der Waals surface area contributed by atoms with E-state index in [1.807, 2.05) is 18.2 Å². The van der Waals surface area contributed by atoms with Gasteiger partial charge in [-0.1, -0.05) is 24.3 Å². The lowest BCUT2D eigenvalue weighted by Crippen LogP contribution is -2.27. The zero-order valence-electron chi connectivity index (χ0n) is 13.4. The predicted molar refractivity (Wildman–Crippen MR) is 94.4 cm³/mol. The zero-order valence-corrected chi connectivity index (χ0v) is 13.4. The summed E-state index contributed by atoms with van der Waals surface area (Å²) in [5, 5.41) is 5.69. The van der Waals surface area contributed by atoms with Crippen molar-refractivity contribution in [3.8, 4) is 0 Å². The molecule has 25 heavy (non-hydrogen) atoms. The SMILES string of the molecule is O=C(Nc1ccccc1C(=O)NC1CC1)c1cnc2ccccc2n1. The first-order valence-corrected chi connectivity index (χ1v) is 8.14. The topological polar surface area (TPSA) is 84.0 Å². The Morgan fingerprint density at radius 3 is 2.44 bits per heavy atom. The molecule has 1 fully saturated rings. The summed E-state index contributed by atoms with van der Waals surface area (Å²) in [6.45, 7) is 0. The highest BCUT2D eigenvalue weighted by Crippen LogP contribution is 2.22. The van der Waals surface area contributed by atoms with Gasteiger partial charge in [-0.05, 0) is 37.1 Å². The van der Waals surface area contributed by atoms with Crippen molar-refractivity contribution in [2.75, 3.05) is 5.32 Å². The molecule has 0 bridgehead atoms. The largest absolute Gasteiger partial charge is 0.349 e. The van der Waals surface area contributed by atoms with Gasteiger partial charge in [0.15, 0.2) is 0 Å². The van der Waals surface area contributed by atoms with Crippen LogP contribution in [-0.4, -0.2) is 27.8 Å². The first-order valence-electron chi connectivity index (χ1n) is 8.14. The minimum atomic E-state index is -0.398. The number of hydrogen-bond donors (Lipinski definition) is 2. The molecular formula is C19H16N4O2. The van der Waals surface area contributed by atoms with E-state index in [-0.39, 0.29) is 17.6 Å². The maximum Gasteiger partial charge on any atom is 0.275 e. The van der Waals surface area contributed by atoms with Crippen LogP contribution in [0.3, 0.4) is 0 Å². The Hall–Kier alpha value is -3.28. The van der Waals surface area contributed by atoms with Gasteiger partial charge in [0.2, 0.25) is 0 Å². The van der Waals surface area contributed by atoms with Crippen LogP contribution in [0.1, 0.15) is 33.7 Å². The van der Waals surface area contributed by atoms with Crippen LogP contribution >= 0.6 is 0 Å². The number of carbonyl (C=O) groups is 2. The second kappa shape index (κ2) is 6.32. The molecule has 1 aromatic heterocycles. The van der Waals surface area contributed by atoms with Gasteiger partial charge < -0.3 is 10.6 Å². The molecular weight excluding hydrogens is 316 g/mol. The molecule has 124 valence electrons. The minimum Gasteiger partial charge on any atom is -0.349 e. The molecule has 2 amide bonds. The van der Waals surface area contributed by atoms with Crippen molar-refractivity contribution in [3.63, 3.8) is 0 Å². The van der Waals surface area contributed by atoms with Crippen LogP contribution in [-0.2, 0) is 0 Å². The molecule has 6 nitrogen and oxygen atoms in total. The Kier molecular flexibility index (Phi) is 3.85. The number of nitrogens with zero attached hydrogens (tertiary/aromatic N) is 2. The fraction of sp³-hybridized carbons (Fsp3) is 0.158. The number of fused-ring (bicyclic) bond motifs is 1. The molecule has 4 rings (SSSR count). The summed E-state index contributed by atoms with van der Waals surface area (Å²) >= 11 is 0. The van der Waals surface area contributed by atoms with Crippen molar-refractivity contribution in [1.82, 2.24) is 15.3 Å². The third kappa shape index (κ3) is 3.33. The molecule has 1 heterocycles. The highest BCUT2D eigenvalue weighted by molar-refractivity contribution is 6.08. The summed E-state index contributed by atoms with van der Waals surface area (Å²) < 4.78 is 0. The smallest absolute Gasteiger partial charge is 0.275 e. The minimum absolute atomic E-state index is 0.178. The zero-order chi connectivity index (χ0) is 17.2. The average molecular weight is 332 g/mol. The van der Waals surface area contributed by atoms with Crippen molar-refractivity contribution in [2.45, 2.75) is 18.9 Å². The van der Waals surface area contributed by atoms with E-state index < -0.39 is 5.91 Å². The molecule has 1 aliphatic carbocycles. The van der Waals surface area contributed by atoms with Crippen molar-refractivity contribution >= 4 is 28.5 Å². The molecule has 0 saturated heterocycles. The molecule has 2 aromatic carbocycles. The number of rotatable bonds is 4. The summed E-state index contributed by atoms with van der Waals surface area (Å²) in [6.07, 6.45) is 3.45. The van der Waals surface area contributed by atoms with Crippen LogP contribution < -0.4 is 10.6 Å². The lowest BCUT2D eigenvalue weighted by atomic mass is 10.1. The van der Waals surface area contributed by atoms with Crippen molar-refractivity contribution in [3.05, 3.63) is 66.0 Å². The number of carbonyl (C=O) groups excluding carboxylic acids is 2. The van der Waals surface area contributed by atoms with E-state index in [1.54, 1.807) is 30.3 Å². The second-order valence-corrected chi connectivity index (χ2v) is 5.99. The molecule has 0 unspecified atom stereocenters. The lowest BCUT2D eigenvalue weighted by Gasteiger charge is -2.11. The van der Waals surface area contributed by atoms with Crippen LogP contribution in [0.5, 0.6) is 0 Å². The molecule has 0 spiro atoms. The molecule has 2 N–H and O–H groups in total. The highest BCUT2D eigenvalue weighted by atomic mass is 16.2. The summed E-state index contributed by atoms with van der Waals surface area (Å²) in [5.74, 6) is -0.576. The molecule has 0 aliphatic heterocycles. The van der Waals surface area contributed by atoms with Crippen molar-refractivity contribution < 1.29 is 9.59 Å². The Morgan fingerprint density at radius 2 is 1.64 bits per heavy atom. The van der Waals surface area contributed by atoms with E-state index >= 15 is 0 Å². The van der Waals surface area contributed by atoms with Gasteiger partial charge in [0.1, 0.15) is 5.69 Å². The Morgan fingerprint density at radius 1 is 0.920 bits per heavy atom. The van der Waals surface area contributed by atoms with Gasteiger partial charge >= 0.3 is 0 Å². The van der Waals surface area contributed by atoms with Gasteiger partial charge in [0, 0.05) is 6.04 Å². The van der Waals surface area contributed by atoms with Crippen LogP contribution in [0, 0.1) is 0 Å². The molecule has 1 aliphatic rings. The summed E-state index contributed by atoms with van der Waals surface area (Å²) in [4.78, 5) is 33.4. The van der Waals surface area contributed by atoms with Crippen molar-refractivity contribution in [2.24, 2.45) is 0 Å². The van der Waals surface area contributed by atoms with Gasteiger partial charge in [-0.3, -0.25) is 14.6 Å². The van der Waals surface area contributed by atoms with Crippen LogP contribution in [0.4, 0.5) is 5.69 Å². The maximum atomic E-state index is 12.5. The average Bonchev–Trinajstić information content (AvgIpc) is 3.45. The van der Waals surface area contributed by atoms with Crippen LogP contribution in [0.25, 0.3) is 11.0 Å². The fourth-order valence-corrected chi connectivity index (χ4v) is 2.53. The van der Waals surface area contributed by atoms with E-state index in [2.05, 4.69) is 20.6 Å². The maximum absolute atomic E-state index is 12.5. The Balaban J connectivity index is 1.58.